The molecule has 0 saturated carbocycles. The molecule has 150 valence electrons. The highest BCUT2D eigenvalue weighted by Gasteiger charge is 2.15. The van der Waals surface area contributed by atoms with Gasteiger partial charge in [-0.1, -0.05) is 48.5 Å². The first-order valence-electron chi connectivity index (χ1n) is 9.77. The van der Waals surface area contributed by atoms with Gasteiger partial charge >= 0.3 is 0 Å². The molecule has 1 aromatic heterocycles. The van der Waals surface area contributed by atoms with Crippen LogP contribution >= 0.6 is 0 Å². The zero-order valence-electron chi connectivity index (χ0n) is 17.2. The number of ether oxygens (including phenoxy) is 1. The van der Waals surface area contributed by atoms with E-state index >= 15 is 0 Å². The third-order valence-corrected chi connectivity index (χ3v) is 4.99. The number of benzene rings is 2. The lowest BCUT2D eigenvalue weighted by atomic mass is 9.96. The van der Waals surface area contributed by atoms with Crippen LogP contribution in [0.3, 0.4) is 0 Å². The third-order valence-electron chi connectivity index (χ3n) is 4.99. The summed E-state index contributed by atoms with van der Waals surface area (Å²) in [6.45, 7) is 6.14. The number of carbonyl (C=O) groups is 1. The third kappa shape index (κ3) is 4.03. The summed E-state index contributed by atoms with van der Waals surface area (Å²) in [7, 11) is 0. The van der Waals surface area contributed by atoms with Gasteiger partial charge in [0.25, 0.3) is 0 Å². The van der Waals surface area contributed by atoms with Crippen molar-refractivity contribution in [3.8, 4) is 16.9 Å². The fourth-order valence-electron chi connectivity index (χ4n) is 3.62. The van der Waals surface area contributed by atoms with Crippen LogP contribution in [0, 0.1) is 13.8 Å². The summed E-state index contributed by atoms with van der Waals surface area (Å²) in [6, 6.07) is 18.1. The molecule has 2 aromatic carbocycles. The van der Waals surface area contributed by atoms with Crippen LogP contribution in [0.15, 0.2) is 70.0 Å². The smallest absolute Gasteiger partial charge is 0.165 e. The van der Waals surface area contributed by atoms with E-state index in [-0.39, 0.29) is 5.78 Å². The van der Waals surface area contributed by atoms with Crippen molar-refractivity contribution in [1.82, 2.24) is 4.98 Å². The molecule has 1 aliphatic rings. The Morgan fingerprint density at radius 1 is 1.03 bits per heavy atom. The maximum atomic E-state index is 12.0. The highest BCUT2D eigenvalue weighted by Crippen LogP contribution is 2.27. The maximum Gasteiger partial charge on any atom is 0.165 e. The predicted octanol–water partition coefficient (Wildman–Crippen LogP) is 5.32. The van der Waals surface area contributed by atoms with Crippen molar-refractivity contribution < 1.29 is 9.53 Å². The van der Waals surface area contributed by atoms with Crippen LogP contribution in [0.4, 0.5) is 0 Å². The fraction of sp³-hybridized carbons (Fsp3) is 0.208. The molecule has 0 bridgehead atoms. The standard InChI is InChI=1S/C24H22N4O2/c1-15-12-23(24(17(3)29)16(2)26-15)30-14-18-8-10-19(11-9-18)20-6-4-5-7-21(20)22-13-25-28-27-22/h4-12H,13-14H2,1-3H3. The second-order valence-electron chi connectivity index (χ2n) is 7.25. The molecule has 3 aromatic rings. The van der Waals surface area contributed by atoms with Gasteiger partial charge in [-0.15, -0.1) is 5.10 Å². The molecule has 0 N–H and O–H groups in total. The van der Waals surface area contributed by atoms with E-state index in [4.69, 9.17) is 4.74 Å². The Hall–Kier alpha value is -3.67. The van der Waals surface area contributed by atoms with Crippen molar-refractivity contribution in [2.24, 2.45) is 15.4 Å². The number of nitrogens with zero attached hydrogens (tertiary/aromatic N) is 4. The number of hydrogen-bond acceptors (Lipinski definition) is 6. The molecule has 1 aliphatic heterocycles. The Balaban J connectivity index is 1.55. The second kappa shape index (κ2) is 8.37. The molecule has 2 heterocycles. The van der Waals surface area contributed by atoms with Crippen LogP contribution in [-0.2, 0) is 6.61 Å². The minimum atomic E-state index is -0.0461. The largest absolute Gasteiger partial charge is 0.488 e. The van der Waals surface area contributed by atoms with E-state index in [2.05, 4.69) is 38.6 Å². The van der Waals surface area contributed by atoms with E-state index in [9.17, 15) is 4.79 Å². The number of pyridine rings is 1. The Labute approximate surface area is 175 Å². The van der Waals surface area contributed by atoms with Crippen molar-refractivity contribution in [3.05, 3.63) is 82.7 Å². The van der Waals surface area contributed by atoms with Crippen LogP contribution in [0.5, 0.6) is 5.75 Å². The SMILES string of the molecule is CC(=O)c1c(OCc2ccc(-c3ccccc3C3=NN=NC3)cc2)cc(C)nc1C. The van der Waals surface area contributed by atoms with Gasteiger partial charge in [0.2, 0.25) is 0 Å². The second-order valence-corrected chi connectivity index (χ2v) is 7.25. The van der Waals surface area contributed by atoms with Crippen molar-refractivity contribution in [2.45, 2.75) is 27.4 Å². The number of rotatable bonds is 6. The normalized spacial score (nSPS) is 12.7. The molecular formula is C24H22N4O2. The van der Waals surface area contributed by atoms with Gasteiger partial charge < -0.3 is 4.74 Å². The van der Waals surface area contributed by atoms with Gasteiger partial charge in [0.15, 0.2) is 5.78 Å². The molecule has 0 saturated heterocycles. The van der Waals surface area contributed by atoms with Crippen LogP contribution in [0.1, 0.15) is 39.8 Å². The molecule has 0 fully saturated rings. The lowest BCUT2D eigenvalue weighted by molar-refractivity contribution is 0.101. The van der Waals surface area contributed by atoms with Gasteiger partial charge in [-0.25, -0.2) is 0 Å². The van der Waals surface area contributed by atoms with Crippen molar-refractivity contribution in [2.75, 3.05) is 6.54 Å². The highest BCUT2D eigenvalue weighted by molar-refractivity contribution is 6.07. The molecule has 0 aliphatic carbocycles. The Kier molecular flexibility index (Phi) is 5.48. The number of aromatic nitrogens is 1. The van der Waals surface area contributed by atoms with Gasteiger partial charge in [0.1, 0.15) is 18.9 Å². The minimum absolute atomic E-state index is 0.0461. The van der Waals surface area contributed by atoms with Gasteiger partial charge in [0, 0.05) is 17.3 Å². The Morgan fingerprint density at radius 2 is 1.77 bits per heavy atom. The first kappa shape index (κ1) is 19.6. The van der Waals surface area contributed by atoms with E-state index in [0.717, 1.165) is 33.7 Å². The number of aryl methyl sites for hydroxylation is 2. The summed E-state index contributed by atoms with van der Waals surface area (Å²) >= 11 is 0. The molecule has 0 spiro atoms. The fourth-order valence-corrected chi connectivity index (χ4v) is 3.62. The van der Waals surface area contributed by atoms with Gasteiger partial charge in [-0.3, -0.25) is 9.78 Å². The van der Waals surface area contributed by atoms with Gasteiger partial charge in [0.05, 0.1) is 17.0 Å². The first-order valence-corrected chi connectivity index (χ1v) is 9.77. The Bertz CT molecular complexity index is 1160. The molecule has 6 heteroatoms. The quantitative estimate of drug-likeness (QED) is 0.528. The van der Waals surface area contributed by atoms with E-state index in [1.165, 1.54) is 6.92 Å². The lowest BCUT2D eigenvalue weighted by Gasteiger charge is -2.13. The number of Topliss-reactive ketones (excluding diaryl/α,β-unsaturated/α-hetero) is 1. The van der Waals surface area contributed by atoms with E-state index < -0.39 is 0 Å². The number of hydrogen-bond donors (Lipinski definition) is 0. The van der Waals surface area contributed by atoms with Gasteiger partial charge in [-0.2, -0.15) is 5.11 Å². The van der Waals surface area contributed by atoms with Crippen LogP contribution < -0.4 is 4.74 Å². The van der Waals surface area contributed by atoms with E-state index in [1.54, 1.807) is 0 Å². The summed E-state index contributed by atoms with van der Waals surface area (Å²) < 4.78 is 5.99. The molecule has 0 unspecified atom stereocenters. The summed E-state index contributed by atoms with van der Waals surface area (Å²) in [4.78, 5) is 16.4. The van der Waals surface area contributed by atoms with Gasteiger partial charge in [-0.05, 0) is 42.7 Å². The van der Waals surface area contributed by atoms with Crippen molar-refractivity contribution in [3.63, 3.8) is 0 Å². The van der Waals surface area contributed by atoms with Crippen LogP contribution in [-0.4, -0.2) is 23.0 Å². The average Bonchev–Trinajstić information content (AvgIpc) is 3.26. The number of carbonyl (C=O) groups excluding carboxylic acids is 1. The zero-order chi connectivity index (χ0) is 21.1. The summed E-state index contributed by atoms with van der Waals surface area (Å²) in [5.41, 5.74) is 7.17. The number of ketones is 1. The zero-order valence-corrected chi connectivity index (χ0v) is 17.2. The van der Waals surface area contributed by atoms with Crippen molar-refractivity contribution >= 4 is 11.5 Å². The molecule has 4 rings (SSSR count). The molecule has 30 heavy (non-hydrogen) atoms. The summed E-state index contributed by atoms with van der Waals surface area (Å²) in [5, 5.41) is 11.8. The topological polar surface area (TPSA) is 76.3 Å². The summed E-state index contributed by atoms with van der Waals surface area (Å²) in [6.07, 6.45) is 0. The highest BCUT2D eigenvalue weighted by atomic mass is 16.5. The van der Waals surface area contributed by atoms with Crippen LogP contribution in [0.2, 0.25) is 0 Å². The maximum absolute atomic E-state index is 12.0. The van der Waals surface area contributed by atoms with E-state index in [0.29, 0.717) is 30.2 Å². The average molecular weight is 398 g/mol. The molecular weight excluding hydrogens is 376 g/mol. The van der Waals surface area contributed by atoms with Crippen LogP contribution in [0.25, 0.3) is 11.1 Å². The molecule has 0 radical (unpaired) electrons. The molecule has 0 atom stereocenters. The molecule has 6 nitrogen and oxygen atoms in total. The van der Waals surface area contributed by atoms with Crippen molar-refractivity contribution in [1.29, 1.82) is 0 Å². The minimum Gasteiger partial charge on any atom is -0.488 e. The molecule has 0 amide bonds. The predicted molar refractivity (Wildman–Crippen MR) is 116 cm³/mol. The Morgan fingerprint density at radius 3 is 2.43 bits per heavy atom. The summed E-state index contributed by atoms with van der Waals surface area (Å²) in [5.74, 6) is 0.531. The van der Waals surface area contributed by atoms with E-state index in [1.807, 2.05) is 50.2 Å². The first-order chi connectivity index (χ1) is 14.5. The monoisotopic (exact) mass is 398 g/mol. The lowest BCUT2D eigenvalue weighted by Crippen LogP contribution is -2.06.